The van der Waals surface area contributed by atoms with Crippen LogP contribution < -0.4 is 5.32 Å². The largest absolute Gasteiger partial charge is 0.315 e. The summed E-state index contributed by atoms with van der Waals surface area (Å²) in [5.41, 5.74) is 0.461. The van der Waals surface area contributed by atoms with Gasteiger partial charge in [0.2, 0.25) is 0 Å². The van der Waals surface area contributed by atoms with Crippen molar-refractivity contribution in [1.82, 2.24) is 10.2 Å². The molecule has 0 bridgehead atoms. The van der Waals surface area contributed by atoms with E-state index in [0.29, 0.717) is 5.41 Å². The lowest BCUT2D eigenvalue weighted by molar-refractivity contribution is 0.320. The van der Waals surface area contributed by atoms with Crippen LogP contribution in [0.1, 0.15) is 40.5 Å². The van der Waals surface area contributed by atoms with Gasteiger partial charge in [-0.15, -0.1) is 0 Å². The molecule has 0 rings (SSSR count). The van der Waals surface area contributed by atoms with Crippen molar-refractivity contribution < 1.29 is 0 Å². The fourth-order valence-electron chi connectivity index (χ4n) is 1.35. The van der Waals surface area contributed by atoms with Crippen LogP contribution in [0, 0.1) is 5.41 Å². The van der Waals surface area contributed by atoms with E-state index >= 15 is 0 Å². The van der Waals surface area contributed by atoms with Gasteiger partial charge in [-0.25, -0.2) is 0 Å². The molecule has 0 fully saturated rings. The van der Waals surface area contributed by atoms with Crippen molar-refractivity contribution in [2.75, 3.05) is 33.2 Å². The van der Waals surface area contributed by atoms with Crippen molar-refractivity contribution in [3.05, 3.63) is 0 Å². The van der Waals surface area contributed by atoms with Crippen LogP contribution in [0.25, 0.3) is 0 Å². The second-order valence-electron chi connectivity index (χ2n) is 5.36. The van der Waals surface area contributed by atoms with Gasteiger partial charge in [-0.1, -0.05) is 27.7 Å². The molecule has 2 nitrogen and oxygen atoms in total. The molecule has 0 saturated carbocycles. The third-order valence-electron chi connectivity index (χ3n) is 2.33. The highest BCUT2D eigenvalue weighted by Gasteiger charge is 2.08. The van der Waals surface area contributed by atoms with E-state index < -0.39 is 0 Å². The average Bonchev–Trinajstić information content (AvgIpc) is 2.02. The summed E-state index contributed by atoms with van der Waals surface area (Å²) >= 11 is 0. The molecule has 0 unspecified atom stereocenters. The second-order valence-corrected chi connectivity index (χ2v) is 5.36. The van der Waals surface area contributed by atoms with Gasteiger partial charge in [-0.3, -0.25) is 0 Å². The zero-order valence-corrected chi connectivity index (χ0v) is 10.7. The fourth-order valence-corrected chi connectivity index (χ4v) is 1.35. The molecule has 0 aromatic heterocycles. The summed E-state index contributed by atoms with van der Waals surface area (Å²) in [4.78, 5) is 2.38. The highest BCUT2D eigenvalue weighted by Crippen LogP contribution is 2.16. The van der Waals surface area contributed by atoms with Crippen LogP contribution in [0.15, 0.2) is 0 Å². The number of hydrogen-bond acceptors (Lipinski definition) is 2. The molecule has 0 saturated heterocycles. The third-order valence-corrected chi connectivity index (χ3v) is 2.33. The Balaban J connectivity index is 3.21. The smallest absolute Gasteiger partial charge is 0.0104 e. The van der Waals surface area contributed by atoms with E-state index in [4.69, 9.17) is 0 Å². The standard InChI is InChI=1S/C12H28N2/c1-6-10-14(5)11-9-13-8-7-12(2,3)4/h13H,6-11H2,1-5H3. The van der Waals surface area contributed by atoms with Gasteiger partial charge in [0.05, 0.1) is 0 Å². The zero-order chi connectivity index (χ0) is 11.0. The Labute approximate surface area is 90.1 Å². The minimum atomic E-state index is 0.461. The van der Waals surface area contributed by atoms with Gasteiger partial charge in [0.1, 0.15) is 0 Å². The number of nitrogens with zero attached hydrogens (tertiary/aromatic N) is 1. The summed E-state index contributed by atoms with van der Waals surface area (Å²) in [6.07, 6.45) is 2.50. The average molecular weight is 200 g/mol. The van der Waals surface area contributed by atoms with Crippen LogP contribution in [0.3, 0.4) is 0 Å². The van der Waals surface area contributed by atoms with E-state index in [-0.39, 0.29) is 0 Å². The third kappa shape index (κ3) is 10.0. The van der Waals surface area contributed by atoms with Crippen molar-refractivity contribution in [3.8, 4) is 0 Å². The van der Waals surface area contributed by atoms with E-state index in [9.17, 15) is 0 Å². The Morgan fingerprint density at radius 2 is 1.71 bits per heavy atom. The monoisotopic (exact) mass is 200 g/mol. The van der Waals surface area contributed by atoms with Gasteiger partial charge in [0.15, 0.2) is 0 Å². The normalized spacial score (nSPS) is 12.4. The van der Waals surface area contributed by atoms with E-state index in [0.717, 1.165) is 19.6 Å². The summed E-state index contributed by atoms with van der Waals surface area (Å²) in [6, 6.07) is 0. The lowest BCUT2D eigenvalue weighted by Crippen LogP contribution is -2.31. The molecule has 14 heavy (non-hydrogen) atoms. The molecule has 0 aliphatic carbocycles. The first kappa shape index (κ1) is 13.9. The number of nitrogens with one attached hydrogen (secondary N) is 1. The zero-order valence-electron chi connectivity index (χ0n) is 10.7. The Hall–Kier alpha value is -0.0800. The first-order valence-corrected chi connectivity index (χ1v) is 5.85. The first-order valence-electron chi connectivity index (χ1n) is 5.85. The number of rotatable bonds is 7. The van der Waals surface area contributed by atoms with Gasteiger partial charge < -0.3 is 10.2 Å². The Kier molecular flexibility index (Phi) is 7.20. The molecule has 0 aliphatic heterocycles. The summed E-state index contributed by atoms with van der Waals surface area (Å²) in [5.74, 6) is 0. The van der Waals surface area contributed by atoms with Crippen LogP contribution >= 0.6 is 0 Å². The number of hydrogen-bond donors (Lipinski definition) is 1. The van der Waals surface area contributed by atoms with Crippen molar-refractivity contribution in [2.45, 2.75) is 40.5 Å². The molecule has 86 valence electrons. The molecule has 0 atom stereocenters. The fraction of sp³-hybridized carbons (Fsp3) is 1.00. The van der Waals surface area contributed by atoms with Crippen LogP contribution in [0.2, 0.25) is 0 Å². The molecule has 0 radical (unpaired) electrons. The minimum absolute atomic E-state index is 0.461. The summed E-state index contributed by atoms with van der Waals surface area (Å²) in [7, 11) is 2.19. The van der Waals surface area contributed by atoms with E-state index in [2.05, 4.69) is 45.0 Å². The van der Waals surface area contributed by atoms with Crippen LogP contribution in [0.5, 0.6) is 0 Å². The maximum atomic E-state index is 3.49. The van der Waals surface area contributed by atoms with E-state index in [1.807, 2.05) is 0 Å². The molecule has 2 heteroatoms. The molecular formula is C12H28N2. The van der Waals surface area contributed by atoms with Crippen molar-refractivity contribution in [3.63, 3.8) is 0 Å². The molecule has 0 amide bonds. The predicted molar refractivity (Wildman–Crippen MR) is 64.7 cm³/mol. The molecule has 0 heterocycles. The van der Waals surface area contributed by atoms with E-state index in [1.54, 1.807) is 0 Å². The van der Waals surface area contributed by atoms with Crippen LogP contribution in [-0.2, 0) is 0 Å². The summed E-state index contributed by atoms with van der Waals surface area (Å²) in [5, 5.41) is 3.49. The maximum Gasteiger partial charge on any atom is 0.0104 e. The first-order chi connectivity index (χ1) is 6.45. The van der Waals surface area contributed by atoms with Crippen molar-refractivity contribution >= 4 is 0 Å². The molecule has 0 spiro atoms. The maximum absolute atomic E-state index is 3.49. The summed E-state index contributed by atoms with van der Waals surface area (Å²) in [6.45, 7) is 13.7. The van der Waals surface area contributed by atoms with Gasteiger partial charge in [0, 0.05) is 13.1 Å². The van der Waals surface area contributed by atoms with Gasteiger partial charge >= 0.3 is 0 Å². The van der Waals surface area contributed by atoms with Crippen molar-refractivity contribution in [2.24, 2.45) is 5.41 Å². The van der Waals surface area contributed by atoms with Crippen molar-refractivity contribution in [1.29, 1.82) is 0 Å². The Bertz CT molecular complexity index is 127. The summed E-state index contributed by atoms with van der Waals surface area (Å²) < 4.78 is 0. The van der Waals surface area contributed by atoms with Gasteiger partial charge in [-0.2, -0.15) is 0 Å². The Morgan fingerprint density at radius 1 is 1.07 bits per heavy atom. The molecule has 0 aromatic rings. The molecule has 0 aliphatic rings. The quantitative estimate of drug-likeness (QED) is 0.635. The van der Waals surface area contributed by atoms with Crippen LogP contribution in [0.4, 0.5) is 0 Å². The minimum Gasteiger partial charge on any atom is -0.315 e. The topological polar surface area (TPSA) is 15.3 Å². The van der Waals surface area contributed by atoms with Gasteiger partial charge in [0.25, 0.3) is 0 Å². The highest BCUT2D eigenvalue weighted by atomic mass is 15.1. The van der Waals surface area contributed by atoms with Crippen LogP contribution in [-0.4, -0.2) is 38.1 Å². The second kappa shape index (κ2) is 7.24. The lowest BCUT2D eigenvalue weighted by Gasteiger charge is -2.19. The molecule has 1 N–H and O–H groups in total. The molecule has 0 aromatic carbocycles. The lowest BCUT2D eigenvalue weighted by atomic mass is 9.92. The molecular weight excluding hydrogens is 172 g/mol. The number of likely N-dealkylation sites (N-methyl/N-ethyl adjacent to an activating group) is 1. The van der Waals surface area contributed by atoms with Gasteiger partial charge in [-0.05, 0) is 38.4 Å². The Morgan fingerprint density at radius 3 is 2.21 bits per heavy atom. The van der Waals surface area contributed by atoms with E-state index in [1.165, 1.54) is 19.4 Å². The predicted octanol–water partition coefficient (Wildman–Crippen LogP) is 2.35. The SMILES string of the molecule is CCCN(C)CCNCCC(C)(C)C. The highest BCUT2D eigenvalue weighted by molar-refractivity contribution is 4.63.